The molecule has 2 aromatic rings. The van der Waals surface area contributed by atoms with Gasteiger partial charge >= 0.3 is 0 Å². The van der Waals surface area contributed by atoms with Crippen molar-refractivity contribution in [1.82, 2.24) is 24.5 Å². The van der Waals surface area contributed by atoms with Gasteiger partial charge < -0.3 is 10.0 Å². The highest BCUT2D eigenvalue weighted by atomic mass is 16.3. The first-order chi connectivity index (χ1) is 9.58. The van der Waals surface area contributed by atoms with Crippen molar-refractivity contribution < 1.29 is 9.90 Å². The third-order valence-electron chi connectivity index (χ3n) is 3.41. The lowest BCUT2D eigenvalue weighted by Crippen LogP contribution is -2.30. The fourth-order valence-electron chi connectivity index (χ4n) is 2.30. The molecule has 2 heterocycles. The lowest BCUT2D eigenvalue weighted by Gasteiger charge is -2.15. The second kappa shape index (κ2) is 6.04. The first-order valence-corrected chi connectivity index (χ1v) is 6.82. The molecule has 0 aliphatic heterocycles. The number of likely N-dealkylation sites (N-methyl/N-ethyl adjacent to an activating group) is 1. The molecule has 0 saturated carbocycles. The predicted octanol–water partition coefficient (Wildman–Crippen LogP) is 0.402. The van der Waals surface area contributed by atoms with Gasteiger partial charge in [-0.05, 0) is 13.8 Å². The molecule has 0 aliphatic carbocycles. The van der Waals surface area contributed by atoms with Crippen molar-refractivity contribution in [2.45, 2.75) is 33.4 Å². The zero-order valence-electron chi connectivity index (χ0n) is 12.2. The van der Waals surface area contributed by atoms with Crippen molar-refractivity contribution in [3.63, 3.8) is 0 Å². The van der Waals surface area contributed by atoms with Gasteiger partial charge in [-0.1, -0.05) is 0 Å². The number of aliphatic hydroxyl groups is 1. The van der Waals surface area contributed by atoms with E-state index >= 15 is 0 Å². The Morgan fingerprint density at radius 2 is 2.20 bits per heavy atom. The number of fused-ring (bicyclic) bond motifs is 1. The lowest BCUT2D eigenvalue weighted by atomic mass is 10.3. The molecule has 2 aromatic heterocycles. The van der Waals surface area contributed by atoms with Crippen LogP contribution in [0.25, 0.3) is 11.0 Å². The minimum absolute atomic E-state index is 0.00300. The van der Waals surface area contributed by atoms with E-state index in [1.54, 1.807) is 13.2 Å². The average Bonchev–Trinajstić information content (AvgIpc) is 2.98. The molecule has 1 N–H and O–H groups in total. The molecule has 0 aromatic carbocycles. The maximum Gasteiger partial charge on any atom is 0.224 e. The van der Waals surface area contributed by atoms with Crippen molar-refractivity contribution in [3.8, 4) is 0 Å². The zero-order valence-corrected chi connectivity index (χ0v) is 12.2. The van der Waals surface area contributed by atoms with E-state index in [-0.39, 0.29) is 12.5 Å². The summed E-state index contributed by atoms with van der Waals surface area (Å²) in [4.78, 5) is 13.4. The molecule has 0 saturated heterocycles. The monoisotopic (exact) mass is 279 g/mol. The standard InChI is InChI=1S/C13H21N5O2/c1-4-17-11-9-14-18(13(11)10(2)15-17)6-5-12(20)16(3)7-8-19/h9,19H,4-8H2,1-3H3. The molecular weight excluding hydrogens is 258 g/mol. The van der Waals surface area contributed by atoms with Crippen LogP contribution in [0, 0.1) is 6.92 Å². The van der Waals surface area contributed by atoms with Crippen LogP contribution in [-0.4, -0.2) is 55.7 Å². The molecule has 0 fully saturated rings. The molecule has 110 valence electrons. The smallest absolute Gasteiger partial charge is 0.224 e. The Labute approximate surface area is 117 Å². The number of hydrogen-bond acceptors (Lipinski definition) is 4. The molecule has 0 bridgehead atoms. The van der Waals surface area contributed by atoms with Crippen LogP contribution in [0.15, 0.2) is 6.20 Å². The van der Waals surface area contributed by atoms with Gasteiger partial charge in [0.15, 0.2) is 0 Å². The lowest BCUT2D eigenvalue weighted by molar-refractivity contribution is -0.130. The van der Waals surface area contributed by atoms with Gasteiger partial charge in [-0.25, -0.2) is 0 Å². The number of aliphatic hydroxyl groups excluding tert-OH is 1. The number of rotatable bonds is 6. The van der Waals surface area contributed by atoms with Crippen molar-refractivity contribution in [3.05, 3.63) is 11.9 Å². The van der Waals surface area contributed by atoms with Crippen LogP contribution in [-0.2, 0) is 17.9 Å². The van der Waals surface area contributed by atoms with Gasteiger partial charge in [-0.15, -0.1) is 0 Å². The average molecular weight is 279 g/mol. The highest BCUT2D eigenvalue weighted by Crippen LogP contribution is 2.18. The predicted molar refractivity (Wildman–Crippen MR) is 75.3 cm³/mol. The first-order valence-electron chi connectivity index (χ1n) is 6.82. The van der Waals surface area contributed by atoms with Gasteiger partial charge in [0.2, 0.25) is 5.91 Å². The summed E-state index contributed by atoms with van der Waals surface area (Å²) in [6.45, 7) is 5.66. The second-order valence-electron chi connectivity index (χ2n) is 4.79. The molecule has 7 nitrogen and oxygen atoms in total. The SMILES string of the molecule is CCn1nc(C)c2c1cnn2CCC(=O)N(C)CCO. The zero-order chi connectivity index (χ0) is 14.7. The largest absolute Gasteiger partial charge is 0.395 e. The van der Waals surface area contributed by atoms with E-state index in [9.17, 15) is 4.79 Å². The Bertz CT molecular complexity index is 601. The summed E-state index contributed by atoms with van der Waals surface area (Å²) in [7, 11) is 1.69. The van der Waals surface area contributed by atoms with Crippen molar-refractivity contribution >= 4 is 16.9 Å². The molecule has 0 unspecified atom stereocenters. The van der Waals surface area contributed by atoms with Crippen molar-refractivity contribution in [2.75, 3.05) is 20.2 Å². The highest BCUT2D eigenvalue weighted by molar-refractivity contribution is 5.78. The Kier molecular flexibility index (Phi) is 4.39. The second-order valence-corrected chi connectivity index (χ2v) is 4.79. The number of carbonyl (C=O) groups is 1. The molecule has 0 radical (unpaired) electrons. The highest BCUT2D eigenvalue weighted by Gasteiger charge is 2.14. The Hall–Kier alpha value is -1.89. The Balaban J connectivity index is 2.11. The van der Waals surface area contributed by atoms with E-state index in [0.717, 1.165) is 23.3 Å². The fourth-order valence-corrected chi connectivity index (χ4v) is 2.30. The minimum Gasteiger partial charge on any atom is -0.395 e. The van der Waals surface area contributed by atoms with Crippen LogP contribution in [0.1, 0.15) is 19.0 Å². The summed E-state index contributed by atoms with van der Waals surface area (Å²) in [5.74, 6) is 0.00300. The van der Waals surface area contributed by atoms with Crippen LogP contribution >= 0.6 is 0 Å². The Morgan fingerprint density at radius 3 is 2.85 bits per heavy atom. The molecule has 0 aliphatic rings. The number of aromatic nitrogens is 4. The minimum atomic E-state index is -0.0172. The summed E-state index contributed by atoms with van der Waals surface area (Å²) in [6, 6.07) is 0. The molecular formula is C13H21N5O2. The van der Waals surface area contributed by atoms with Crippen molar-refractivity contribution in [2.24, 2.45) is 0 Å². The van der Waals surface area contributed by atoms with Gasteiger partial charge in [0.25, 0.3) is 0 Å². The number of aryl methyl sites for hydroxylation is 3. The van der Waals surface area contributed by atoms with Gasteiger partial charge in [0.1, 0.15) is 11.0 Å². The van der Waals surface area contributed by atoms with E-state index in [4.69, 9.17) is 5.11 Å². The summed E-state index contributed by atoms with van der Waals surface area (Å²) in [6.07, 6.45) is 2.16. The van der Waals surface area contributed by atoms with Gasteiger partial charge in [0, 0.05) is 26.6 Å². The number of hydrogen-bond donors (Lipinski definition) is 1. The number of carbonyl (C=O) groups excluding carboxylic acids is 1. The van der Waals surface area contributed by atoms with Crippen LogP contribution in [0.3, 0.4) is 0 Å². The van der Waals surface area contributed by atoms with E-state index in [2.05, 4.69) is 10.2 Å². The van der Waals surface area contributed by atoms with E-state index in [1.807, 2.05) is 23.2 Å². The number of amides is 1. The third-order valence-corrected chi connectivity index (χ3v) is 3.41. The van der Waals surface area contributed by atoms with Crippen LogP contribution in [0.5, 0.6) is 0 Å². The van der Waals surface area contributed by atoms with Crippen molar-refractivity contribution in [1.29, 1.82) is 0 Å². The van der Waals surface area contributed by atoms with E-state index < -0.39 is 0 Å². The molecule has 0 spiro atoms. The normalized spacial score (nSPS) is 11.2. The molecule has 1 amide bonds. The topological polar surface area (TPSA) is 76.2 Å². The molecule has 7 heteroatoms. The van der Waals surface area contributed by atoms with Gasteiger partial charge in [0.05, 0.1) is 25.0 Å². The fraction of sp³-hybridized carbons (Fsp3) is 0.615. The van der Waals surface area contributed by atoms with Gasteiger partial charge in [-0.3, -0.25) is 14.2 Å². The third kappa shape index (κ3) is 2.67. The van der Waals surface area contributed by atoms with Crippen LogP contribution in [0.2, 0.25) is 0 Å². The van der Waals surface area contributed by atoms with Crippen LogP contribution in [0.4, 0.5) is 0 Å². The van der Waals surface area contributed by atoms with Gasteiger partial charge in [-0.2, -0.15) is 10.2 Å². The first kappa shape index (κ1) is 14.5. The maximum atomic E-state index is 11.9. The quantitative estimate of drug-likeness (QED) is 0.830. The summed E-state index contributed by atoms with van der Waals surface area (Å²) >= 11 is 0. The summed E-state index contributed by atoms with van der Waals surface area (Å²) < 4.78 is 3.74. The van der Waals surface area contributed by atoms with E-state index in [1.165, 1.54) is 4.90 Å². The number of nitrogens with zero attached hydrogens (tertiary/aromatic N) is 5. The van der Waals surface area contributed by atoms with E-state index in [0.29, 0.717) is 19.5 Å². The molecule has 2 rings (SSSR count). The van der Waals surface area contributed by atoms with Crippen LogP contribution < -0.4 is 0 Å². The maximum absolute atomic E-state index is 11.9. The summed E-state index contributed by atoms with van der Waals surface area (Å²) in [5.41, 5.74) is 2.92. The molecule has 0 atom stereocenters. The molecule has 20 heavy (non-hydrogen) atoms. The summed E-state index contributed by atoms with van der Waals surface area (Å²) in [5, 5.41) is 17.6. The Morgan fingerprint density at radius 1 is 1.45 bits per heavy atom.